The van der Waals surface area contributed by atoms with Crippen molar-refractivity contribution in [2.45, 2.75) is 20.4 Å². The van der Waals surface area contributed by atoms with Crippen LogP contribution in [0.2, 0.25) is 0 Å². The quantitative estimate of drug-likeness (QED) is 0.647. The standard InChI is InChI=1S/C13H16N4O3S/c1-4-20-12(19)10-11(8(2)18)21-13(16-10)17(3)7-9-5-14-15-6-9/h5-6H,4,7H2,1-3H3,(H,14,15). The summed E-state index contributed by atoms with van der Waals surface area (Å²) in [6.45, 7) is 3.94. The third kappa shape index (κ3) is 3.46. The first-order valence-electron chi connectivity index (χ1n) is 6.40. The Morgan fingerprint density at radius 2 is 2.24 bits per heavy atom. The number of nitrogens with zero attached hydrogens (tertiary/aromatic N) is 3. The molecule has 0 bridgehead atoms. The van der Waals surface area contributed by atoms with Gasteiger partial charge in [-0.25, -0.2) is 9.78 Å². The van der Waals surface area contributed by atoms with Crippen LogP contribution in [-0.4, -0.2) is 40.6 Å². The highest BCUT2D eigenvalue weighted by Crippen LogP contribution is 2.27. The Morgan fingerprint density at radius 3 is 2.81 bits per heavy atom. The van der Waals surface area contributed by atoms with Crippen molar-refractivity contribution >= 4 is 28.2 Å². The fourth-order valence-electron chi connectivity index (χ4n) is 1.75. The number of carbonyl (C=O) groups is 2. The van der Waals surface area contributed by atoms with Crippen LogP contribution in [0.15, 0.2) is 12.4 Å². The van der Waals surface area contributed by atoms with E-state index in [1.807, 2.05) is 11.9 Å². The summed E-state index contributed by atoms with van der Waals surface area (Å²) in [5.41, 5.74) is 1.07. The number of aromatic nitrogens is 3. The maximum atomic E-state index is 11.9. The first-order chi connectivity index (χ1) is 10.0. The molecule has 8 heteroatoms. The molecule has 0 aliphatic rings. The van der Waals surface area contributed by atoms with Crippen LogP contribution < -0.4 is 4.90 Å². The zero-order valence-electron chi connectivity index (χ0n) is 12.0. The fourth-order valence-corrected chi connectivity index (χ4v) is 2.66. The van der Waals surface area contributed by atoms with E-state index < -0.39 is 5.97 Å². The molecule has 7 nitrogen and oxygen atoms in total. The second-order valence-corrected chi connectivity index (χ2v) is 5.39. The number of nitrogens with one attached hydrogen (secondary N) is 1. The summed E-state index contributed by atoms with van der Waals surface area (Å²) in [5.74, 6) is -0.763. The van der Waals surface area contributed by atoms with Gasteiger partial charge in [0.05, 0.1) is 12.8 Å². The zero-order valence-corrected chi connectivity index (χ0v) is 12.9. The average molecular weight is 308 g/mol. The van der Waals surface area contributed by atoms with E-state index in [-0.39, 0.29) is 18.1 Å². The van der Waals surface area contributed by atoms with Gasteiger partial charge in [0, 0.05) is 32.3 Å². The fraction of sp³-hybridized carbons (Fsp3) is 0.385. The minimum atomic E-state index is -0.568. The zero-order chi connectivity index (χ0) is 15.4. The largest absolute Gasteiger partial charge is 0.461 e. The molecule has 2 rings (SSSR count). The molecule has 0 saturated carbocycles. The third-order valence-electron chi connectivity index (χ3n) is 2.71. The Labute approximate surface area is 125 Å². The van der Waals surface area contributed by atoms with Crippen LogP contribution in [0.5, 0.6) is 0 Å². The van der Waals surface area contributed by atoms with Gasteiger partial charge >= 0.3 is 5.97 Å². The first-order valence-corrected chi connectivity index (χ1v) is 7.22. The number of aromatic amines is 1. The van der Waals surface area contributed by atoms with Crippen molar-refractivity contribution in [3.05, 3.63) is 28.5 Å². The van der Waals surface area contributed by atoms with E-state index in [0.29, 0.717) is 16.6 Å². The van der Waals surface area contributed by atoms with Crippen molar-refractivity contribution in [2.24, 2.45) is 0 Å². The van der Waals surface area contributed by atoms with Gasteiger partial charge in [0.15, 0.2) is 16.6 Å². The lowest BCUT2D eigenvalue weighted by Crippen LogP contribution is -2.16. The highest BCUT2D eigenvalue weighted by Gasteiger charge is 2.23. The lowest BCUT2D eigenvalue weighted by atomic mass is 10.3. The van der Waals surface area contributed by atoms with Crippen LogP contribution in [0, 0.1) is 0 Å². The van der Waals surface area contributed by atoms with Crippen molar-refractivity contribution in [2.75, 3.05) is 18.6 Å². The molecule has 0 saturated heterocycles. The smallest absolute Gasteiger partial charge is 0.358 e. The lowest BCUT2D eigenvalue weighted by molar-refractivity contribution is 0.0517. The molecule has 0 aliphatic heterocycles. The molecule has 0 radical (unpaired) electrons. The Morgan fingerprint density at radius 1 is 1.48 bits per heavy atom. The van der Waals surface area contributed by atoms with E-state index in [4.69, 9.17) is 4.74 Å². The molecule has 0 aliphatic carbocycles. The number of hydrogen-bond acceptors (Lipinski definition) is 7. The summed E-state index contributed by atoms with van der Waals surface area (Å²) in [6, 6.07) is 0. The van der Waals surface area contributed by atoms with Crippen molar-refractivity contribution in [3.63, 3.8) is 0 Å². The molecular weight excluding hydrogens is 292 g/mol. The van der Waals surface area contributed by atoms with Crippen LogP contribution in [0.1, 0.15) is 39.6 Å². The Hall–Kier alpha value is -2.22. The molecule has 0 unspecified atom stereocenters. The molecule has 0 atom stereocenters. The number of rotatable bonds is 6. The molecule has 2 aromatic rings. The van der Waals surface area contributed by atoms with E-state index in [1.165, 1.54) is 18.3 Å². The van der Waals surface area contributed by atoms with Crippen molar-refractivity contribution in [3.8, 4) is 0 Å². The van der Waals surface area contributed by atoms with Crippen LogP contribution >= 0.6 is 11.3 Å². The third-order valence-corrected chi connectivity index (χ3v) is 3.98. The Kier molecular flexibility index (Phi) is 4.69. The molecule has 112 valence electrons. The van der Waals surface area contributed by atoms with Crippen LogP contribution in [0.3, 0.4) is 0 Å². The number of hydrogen-bond donors (Lipinski definition) is 1. The monoisotopic (exact) mass is 308 g/mol. The molecule has 0 amide bonds. The van der Waals surface area contributed by atoms with Crippen LogP contribution in [0.25, 0.3) is 0 Å². The van der Waals surface area contributed by atoms with Gasteiger partial charge in [-0.2, -0.15) is 5.10 Å². The van der Waals surface area contributed by atoms with E-state index in [2.05, 4.69) is 15.2 Å². The topological polar surface area (TPSA) is 88.2 Å². The maximum absolute atomic E-state index is 11.9. The summed E-state index contributed by atoms with van der Waals surface area (Å²) in [5, 5.41) is 7.20. The van der Waals surface area contributed by atoms with Gasteiger partial charge in [0.25, 0.3) is 0 Å². The van der Waals surface area contributed by atoms with Gasteiger partial charge in [0.1, 0.15) is 4.88 Å². The predicted molar refractivity (Wildman–Crippen MR) is 78.8 cm³/mol. The van der Waals surface area contributed by atoms with Gasteiger partial charge in [-0.1, -0.05) is 11.3 Å². The summed E-state index contributed by atoms with van der Waals surface area (Å²) in [7, 11) is 1.84. The number of Topliss-reactive ketones (excluding diaryl/α,β-unsaturated/α-hetero) is 1. The lowest BCUT2D eigenvalue weighted by Gasteiger charge is -2.13. The van der Waals surface area contributed by atoms with Crippen LogP contribution in [-0.2, 0) is 11.3 Å². The summed E-state index contributed by atoms with van der Waals surface area (Å²) in [4.78, 5) is 29.9. The van der Waals surface area contributed by atoms with Gasteiger partial charge in [0.2, 0.25) is 0 Å². The van der Waals surface area contributed by atoms with Crippen LogP contribution in [0.4, 0.5) is 5.13 Å². The molecule has 1 N–H and O–H groups in total. The van der Waals surface area contributed by atoms with E-state index in [9.17, 15) is 9.59 Å². The molecule has 0 aromatic carbocycles. The number of H-pyrrole nitrogens is 1. The van der Waals surface area contributed by atoms with E-state index >= 15 is 0 Å². The molecule has 21 heavy (non-hydrogen) atoms. The van der Waals surface area contributed by atoms with Crippen molar-refractivity contribution in [1.82, 2.24) is 15.2 Å². The van der Waals surface area contributed by atoms with E-state index in [1.54, 1.807) is 19.3 Å². The second-order valence-electron chi connectivity index (χ2n) is 4.41. The number of anilines is 1. The van der Waals surface area contributed by atoms with Gasteiger partial charge < -0.3 is 9.64 Å². The molecule has 0 spiro atoms. The minimum absolute atomic E-state index is 0.0865. The number of carbonyl (C=O) groups excluding carboxylic acids is 2. The maximum Gasteiger partial charge on any atom is 0.358 e. The molecule has 2 aromatic heterocycles. The van der Waals surface area contributed by atoms with Crippen molar-refractivity contribution in [1.29, 1.82) is 0 Å². The second kappa shape index (κ2) is 6.49. The highest BCUT2D eigenvalue weighted by molar-refractivity contribution is 7.17. The highest BCUT2D eigenvalue weighted by atomic mass is 32.1. The Balaban J connectivity index is 2.26. The first kappa shape index (κ1) is 15.2. The SMILES string of the molecule is CCOC(=O)c1nc(N(C)Cc2cn[nH]c2)sc1C(C)=O. The van der Waals surface area contributed by atoms with Gasteiger partial charge in [-0.05, 0) is 6.92 Å². The minimum Gasteiger partial charge on any atom is -0.461 e. The molecular formula is C13H16N4O3S. The summed E-state index contributed by atoms with van der Waals surface area (Å²) < 4.78 is 4.94. The summed E-state index contributed by atoms with van der Waals surface area (Å²) in [6.07, 6.45) is 3.49. The molecule has 2 heterocycles. The van der Waals surface area contributed by atoms with Gasteiger partial charge in [-0.15, -0.1) is 0 Å². The number of ether oxygens (including phenoxy) is 1. The number of esters is 1. The molecule has 0 fully saturated rings. The number of ketones is 1. The van der Waals surface area contributed by atoms with Gasteiger partial charge in [-0.3, -0.25) is 9.89 Å². The predicted octanol–water partition coefficient (Wildman–Crippen LogP) is 1.88. The van der Waals surface area contributed by atoms with E-state index in [0.717, 1.165) is 5.56 Å². The normalized spacial score (nSPS) is 10.4. The average Bonchev–Trinajstić information content (AvgIpc) is 3.07. The Bertz CT molecular complexity index is 636. The summed E-state index contributed by atoms with van der Waals surface area (Å²) >= 11 is 1.19. The van der Waals surface area contributed by atoms with Crippen molar-refractivity contribution < 1.29 is 14.3 Å². The number of thiazole rings is 1.